The van der Waals surface area contributed by atoms with E-state index in [0.29, 0.717) is 5.75 Å². The number of rotatable bonds is 5. The molecule has 1 aromatic carbocycles. The lowest BCUT2D eigenvalue weighted by Crippen LogP contribution is -2.45. The summed E-state index contributed by atoms with van der Waals surface area (Å²) in [6, 6.07) is 3.94. The Hall–Kier alpha value is -2.50. The standard InChI is InChI=1S/C22H29NO5/c1-5-6-14-10-17(27-21(26)23-12-19(24)25)20-15-9-13(2)7-8-16(15)22(3,4)28-18(20)11-14/h9-11,15-16H,5-8,12H2,1-4H3,(H,23,26)(H,24,25)/t15-,16-/m1/s1. The van der Waals surface area contributed by atoms with E-state index in [1.807, 2.05) is 6.07 Å². The lowest BCUT2D eigenvalue weighted by molar-refractivity contribution is -0.135. The van der Waals surface area contributed by atoms with Crippen LogP contribution in [0.15, 0.2) is 23.8 Å². The third-order valence-corrected chi connectivity index (χ3v) is 5.64. The van der Waals surface area contributed by atoms with Crippen LogP contribution in [0.25, 0.3) is 0 Å². The summed E-state index contributed by atoms with van der Waals surface area (Å²) in [7, 11) is 0. The molecule has 1 aromatic rings. The van der Waals surface area contributed by atoms with Crippen LogP contribution in [0.5, 0.6) is 11.5 Å². The second-order valence-corrected chi connectivity index (χ2v) is 8.28. The molecule has 1 heterocycles. The van der Waals surface area contributed by atoms with Crippen molar-refractivity contribution >= 4 is 12.1 Å². The van der Waals surface area contributed by atoms with Gasteiger partial charge in [0.05, 0.1) is 0 Å². The smallest absolute Gasteiger partial charge is 0.413 e. The van der Waals surface area contributed by atoms with Crippen molar-refractivity contribution in [3.05, 3.63) is 34.9 Å². The van der Waals surface area contributed by atoms with E-state index in [-0.39, 0.29) is 17.4 Å². The van der Waals surface area contributed by atoms with Crippen LogP contribution in [-0.4, -0.2) is 29.3 Å². The molecular formula is C22H29NO5. The molecule has 2 N–H and O–H groups in total. The molecule has 3 rings (SSSR count). The SMILES string of the molecule is CCCc1cc(OC(=O)NCC(=O)O)c2c(c1)OC(C)(C)[C@@H]1CCC(C)=C[C@@H]21. The summed E-state index contributed by atoms with van der Waals surface area (Å²) in [5, 5.41) is 11.0. The molecule has 1 amide bonds. The summed E-state index contributed by atoms with van der Waals surface area (Å²) in [5.74, 6) is 0.481. The second-order valence-electron chi connectivity index (χ2n) is 8.28. The van der Waals surface area contributed by atoms with Gasteiger partial charge in [0.2, 0.25) is 0 Å². The molecule has 152 valence electrons. The number of aryl methyl sites for hydroxylation is 1. The predicted molar refractivity (Wildman–Crippen MR) is 106 cm³/mol. The molecule has 0 bridgehead atoms. The fourth-order valence-corrected chi connectivity index (χ4v) is 4.36. The monoisotopic (exact) mass is 387 g/mol. The Labute approximate surface area is 165 Å². The number of ether oxygens (including phenoxy) is 2. The van der Waals surface area contributed by atoms with Gasteiger partial charge < -0.3 is 19.9 Å². The lowest BCUT2D eigenvalue weighted by atomic mass is 9.68. The molecule has 6 nitrogen and oxygen atoms in total. The average Bonchev–Trinajstić information content (AvgIpc) is 2.59. The molecule has 0 fully saturated rings. The first kappa shape index (κ1) is 20.2. The van der Waals surface area contributed by atoms with E-state index < -0.39 is 18.6 Å². The second kappa shape index (κ2) is 7.86. The van der Waals surface area contributed by atoms with E-state index in [9.17, 15) is 9.59 Å². The highest BCUT2D eigenvalue weighted by molar-refractivity contribution is 5.78. The Balaban J connectivity index is 2.04. The number of benzene rings is 1. The van der Waals surface area contributed by atoms with Crippen molar-refractivity contribution in [1.82, 2.24) is 5.32 Å². The highest BCUT2D eigenvalue weighted by Gasteiger charge is 2.45. The molecule has 0 saturated heterocycles. The van der Waals surface area contributed by atoms with Crippen molar-refractivity contribution in [1.29, 1.82) is 0 Å². The fourth-order valence-electron chi connectivity index (χ4n) is 4.36. The molecule has 28 heavy (non-hydrogen) atoms. The van der Waals surface area contributed by atoms with Crippen LogP contribution >= 0.6 is 0 Å². The van der Waals surface area contributed by atoms with E-state index in [1.165, 1.54) is 5.57 Å². The van der Waals surface area contributed by atoms with Crippen LogP contribution in [0, 0.1) is 5.92 Å². The van der Waals surface area contributed by atoms with E-state index in [1.54, 1.807) is 0 Å². The molecule has 1 aliphatic carbocycles. The number of allylic oxidation sites excluding steroid dienone is 2. The molecule has 0 aromatic heterocycles. The number of carboxylic acids is 1. The first-order valence-corrected chi connectivity index (χ1v) is 9.92. The van der Waals surface area contributed by atoms with Crippen molar-refractivity contribution in [3.63, 3.8) is 0 Å². The number of aliphatic carboxylic acids is 1. The summed E-state index contributed by atoms with van der Waals surface area (Å²) in [4.78, 5) is 22.9. The minimum atomic E-state index is -1.12. The van der Waals surface area contributed by atoms with Crippen molar-refractivity contribution in [2.24, 2.45) is 5.92 Å². The molecule has 1 aliphatic heterocycles. The number of amides is 1. The molecule has 0 saturated carbocycles. The summed E-state index contributed by atoms with van der Waals surface area (Å²) in [6.07, 6.45) is 5.34. The zero-order valence-corrected chi connectivity index (χ0v) is 17.0. The number of hydrogen-bond acceptors (Lipinski definition) is 4. The number of carbonyl (C=O) groups excluding carboxylic acids is 1. The predicted octanol–water partition coefficient (Wildman–Crippen LogP) is 4.42. The van der Waals surface area contributed by atoms with Gasteiger partial charge in [-0.25, -0.2) is 4.79 Å². The van der Waals surface area contributed by atoms with Gasteiger partial charge in [0.1, 0.15) is 23.6 Å². The molecular weight excluding hydrogens is 358 g/mol. The fraction of sp³-hybridized carbons (Fsp3) is 0.545. The van der Waals surface area contributed by atoms with E-state index in [4.69, 9.17) is 14.6 Å². The first-order chi connectivity index (χ1) is 13.2. The van der Waals surface area contributed by atoms with Crippen LogP contribution < -0.4 is 14.8 Å². The van der Waals surface area contributed by atoms with Crippen LogP contribution in [-0.2, 0) is 11.2 Å². The average molecular weight is 387 g/mol. The number of hydrogen-bond donors (Lipinski definition) is 2. The van der Waals surface area contributed by atoms with Crippen molar-refractivity contribution in [2.75, 3.05) is 6.54 Å². The van der Waals surface area contributed by atoms with E-state index in [0.717, 1.165) is 42.6 Å². The maximum absolute atomic E-state index is 12.2. The highest BCUT2D eigenvalue weighted by atomic mass is 16.6. The number of carboxylic acid groups (broad SMARTS) is 1. The quantitative estimate of drug-likeness (QED) is 0.731. The van der Waals surface area contributed by atoms with Gasteiger partial charge in [-0.15, -0.1) is 0 Å². The summed E-state index contributed by atoms with van der Waals surface area (Å²) in [5.41, 5.74) is 2.92. The minimum absolute atomic E-state index is 0.102. The number of nitrogens with one attached hydrogen (secondary N) is 1. The van der Waals surface area contributed by atoms with Gasteiger partial charge in [0.25, 0.3) is 0 Å². The zero-order chi connectivity index (χ0) is 20.5. The largest absolute Gasteiger partial charge is 0.487 e. The highest BCUT2D eigenvalue weighted by Crippen LogP contribution is 2.53. The van der Waals surface area contributed by atoms with E-state index >= 15 is 0 Å². The minimum Gasteiger partial charge on any atom is -0.487 e. The molecule has 0 radical (unpaired) electrons. The third-order valence-electron chi connectivity index (χ3n) is 5.64. The number of carbonyl (C=O) groups is 2. The molecule has 2 atom stereocenters. The topological polar surface area (TPSA) is 84.9 Å². The summed E-state index contributed by atoms with van der Waals surface area (Å²) in [6.45, 7) is 7.98. The summed E-state index contributed by atoms with van der Waals surface area (Å²) >= 11 is 0. The normalized spacial score (nSPS) is 22.2. The Kier molecular flexibility index (Phi) is 5.68. The van der Waals surface area contributed by atoms with Gasteiger partial charge in [-0.2, -0.15) is 0 Å². The van der Waals surface area contributed by atoms with Gasteiger partial charge in [-0.3, -0.25) is 4.79 Å². The van der Waals surface area contributed by atoms with Crippen LogP contribution in [0.4, 0.5) is 4.79 Å². The Morgan fingerprint density at radius 3 is 2.79 bits per heavy atom. The van der Waals surface area contributed by atoms with Crippen LogP contribution in [0.2, 0.25) is 0 Å². The first-order valence-electron chi connectivity index (χ1n) is 9.92. The molecule has 6 heteroatoms. The van der Waals surface area contributed by atoms with Gasteiger partial charge in [0.15, 0.2) is 0 Å². The van der Waals surface area contributed by atoms with Crippen LogP contribution in [0.1, 0.15) is 64.0 Å². The number of fused-ring (bicyclic) bond motifs is 3. The van der Waals surface area contributed by atoms with Gasteiger partial charge >= 0.3 is 12.1 Å². The van der Waals surface area contributed by atoms with Gasteiger partial charge in [-0.1, -0.05) is 25.0 Å². The van der Waals surface area contributed by atoms with E-state index in [2.05, 4.69) is 45.2 Å². The maximum Gasteiger partial charge on any atom is 0.413 e. The Bertz CT molecular complexity index is 811. The molecule has 2 aliphatic rings. The van der Waals surface area contributed by atoms with Crippen molar-refractivity contribution in [2.45, 2.75) is 64.9 Å². The third kappa shape index (κ3) is 4.16. The Morgan fingerprint density at radius 1 is 1.36 bits per heavy atom. The van der Waals surface area contributed by atoms with Crippen LogP contribution in [0.3, 0.4) is 0 Å². The van der Waals surface area contributed by atoms with Crippen molar-refractivity contribution < 1.29 is 24.2 Å². The van der Waals surface area contributed by atoms with Gasteiger partial charge in [0, 0.05) is 17.4 Å². The Morgan fingerprint density at radius 2 is 2.11 bits per heavy atom. The van der Waals surface area contributed by atoms with Crippen molar-refractivity contribution in [3.8, 4) is 11.5 Å². The van der Waals surface area contributed by atoms with Gasteiger partial charge in [-0.05, 0) is 57.7 Å². The maximum atomic E-state index is 12.2. The molecule has 0 spiro atoms. The zero-order valence-electron chi connectivity index (χ0n) is 17.0. The molecule has 0 unspecified atom stereocenters. The summed E-state index contributed by atoms with van der Waals surface area (Å²) < 4.78 is 12.0. The lowest BCUT2D eigenvalue weighted by Gasteiger charge is -2.46.